The number of hydrogen-bond acceptors (Lipinski definition) is 3. The predicted octanol–water partition coefficient (Wildman–Crippen LogP) is 3.52. The third kappa shape index (κ3) is 4.20. The Morgan fingerprint density at radius 2 is 1.50 bits per heavy atom. The van der Waals surface area contributed by atoms with Gasteiger partial charge in [0.1, 0.15) is 35.5 Å². The summed E-state index contributed by atoms with van der Waals surface area (Å²) in [5, 5.41) is 9.09. The van der Waals surface area contributed by atoms with Gasteiger partial charge in [-0.1, -0.05) is 0 Å². The van der Waals surface area contributed by atoms with E-state index >= 15 is 0 Å². The Balaban J connectivity index is 2.03. The third-order valence-corrected chi connectivity index (χ3v) is 2.39. The molecule has 1 N–H and O–H groups in total. The van der Waals surface area contributed by atoms with Gasteiger partial charge in [0.05, 0.1) is 6.10 Å². The summed E-state index contributed by atoms with van der Waals surface area (Å²) in [7, 11) is 0. The summed E-state index contributed by atoms with van der Waals surface area (Å²) >= 11 is 0. The summed E-state index contributed by atoms with van der Waals surface area (Å²) in [5.74, 6) is -0.308. The molecule has 0 spiro atoms. The van der Waals surface area contributed by atoms with Crippen LogP contribution in [0.4, 0.5) is 8.78 Å². The minimum Gasteiger partial charge on any atom is -0.491 e. The van der Waals surface area contributed by atoms with Crippen molar-refractivity contribution >= 4 is 0 Å². The molecule has 0 aromatic heterocycles. The number of aliphatic hydroxyl groups excluding tert-OH is 1. The molecule has 106 valence electrons. The molecule has 0 radical (unpaired) electrons. The van der Waals surface area contributed by atoms with Crippen LogP contribution in [0.15, 0.2) is 42.5 Å². The quantitative estimate of drug-likeness (QED) is 0.910. The van der Waals surface area contributed by atoms with Crippen LogP contribution < -0.4 is 9.47 Å². The summed E-state index contributed by atoms with van der Waals surface area (Å²) in [4.78, 5) is 0. The molecule has 0 aliphatic heterocycles. The Kier molecular flexibility index (Phi) is 4.53. The number of ether oxygens (including phenoxy) is 2. The van der Waals surface area contributed by atoms with E-state index in [1.54, 1.807) is 31.2 Å². The van der Waals surface area contributed by atoms with Crippen molar-refractivity contribution in [3.8, 4) is 17.2 Å². The lowest BCUT2D eigenvalue weighted by Gasteiger charge is -2.09. The average Bonchev–Trinajstić information content (AvgIpc) is 2.36. The first-order chi connectivity index (χ1) is 9.52. The van der Waals surface area contributed by atoms with Gasteiger partial charge in [0.2, 0.25) is 0 Å². The van der Waals surface area contributed by atoms with E-state index in [0.717, 1.165) is 18.2 Å². The van der Waals surface area contributed by atoms with Gasteiger partial charge in [-0.15, -0.1) is 0 Å². The number of rotatable bonds is 5. The molecule has 0 aliphatic rings. The first-order valence-corrected chi connectivity index (χ1v) is 6.08. The molecule has 0 fully saturated rings. The molecule has 2 aromatic rings. The zero-order valence-electron chi connectivity index (χ0n) is 10.8. The van der Waals surface area contributed by atoms with Crippen LogP contribution in [-0.4, -0.2) is 17.8 Å². The van der Waals surface area contributed by atoms with E-state index in [1.165, 1.54) is 0 Å². The molecule has 2 rings (SSSR count). The fourth-order valence-electron chi connectivity index (χ4n) is 1.54. The smallest absolute Gasteiger partial charge is 0.133 e. The summed E-state index contributed by atoms with van der Waals surface area (Å²) in [5.41, 5.74) is 0. The molecule has 0 aliphatic carbocycles. The minimum atomic E-state index is -0.697. The average molecular weight is 280 g/mol. The Labute approximate surface area is 115 Å². The molecule has 0 heterocycles. The highest BCUT2D eigenvalue weighted by atomic mass is 19.1. The molecule has 1 atom stereocenters. The highest BCUT2D eigenvalue weighted by molar-refractivity contribution is 5.35. The summed E-state index contributed by atoms with van der Waals surface area (Å²) < 4.78 is 36.6. The van der Waals surface area contributed by atoms with Crippen LogP contribution in [0.5, 0.6) is 17.2 Å². The van der Waals surface area contributed by atoms with Gasteiger partial charge in [-0.05, 0) is 31.2 Å². The second-order valence-corrected chi connectivity index (χ2v) is 4.34. The van der Waals surface area contributed by atoms with E-state index in [1.807, 2.05) is 0 Å². The molecular formula is C15H14F2O3. The molecule has 1 unspecified atom stereocenters. The van der Waals surface area contributed by atoms with Gasteiger partial charge in [-0.3, -0.25) is 0 Å². The molecule has 2 aromatic carbocycles. The van der Waals surface area contributed by atoms with Gasteiger partial charge in [0, 0.05) is 18.2 Å². The second-order valence-electron chi connectivity index (χ2n) is 4.34. The zero-order valence-corrected chi connectivity index (χ0v) is 10.8. The monoisotopic (exact) mass is 280 g/mol. The van der Waals surface area contributed by atoms with Crippen LogP contribution in [0.3, 0.4) is 0 Å². The standard InChI is InChI=1S/C15H14F2O3/c1-10(18)9-19-13-2-4-14(5-3-13)20-15-7-11(16)6-12(17)8-15/h2-8,10,18H,9H2,1H3. The predicted molar refractivity (Wildman–Crippen MR) is 70.0 cm³/mol. The van der Waals surface area contributed by atoms with Gasteiger partial charge in [0.25, 0.3) is 0 Å². The molecule has 0 bridgehead atoms. The van der Waals surface area contributed by atoms with Gasteiger partial charge >= 0.3 is 0 Å². The number of benzene rings is 2. The summed E-state index contributed by atoms with van der Waals surface area (Å²) in [6.45, 7) is 1.81. The van der Waals surface area contributed by atoms with Crippen molar-refractivity contribution in [1.82, 2.24) is 0 Å². The van der Waals surface area contributed by atoms with Crippen LogP contribution in [0.2, 0.25) is 0 Å². The van der Waals surface area contributed by atoms with E-state index in [2.05, 4.69) is 0 Å². The van der Waals surface area contributed by atoms with E-state index in [-0.39, 0.29) is 12.4 Å². The van der Waals surface area contributed by atoms with Crippen molar-refractivity contribution in [3.05, 3.63) is 54.1 Å². The number of hydrogen-bond donors (Lipinski definition) is 1. The van der Waals surface area contributed by atoms with Crippen molar-refractivity contribution in [3.63, 3.8) is 0 Å². The highest BCUT2D eigenvalue weighted by Gasteiger charge is 2.04. The van der Waals surface area contributed by atoms with Gasteiger partial charge in [-0.2, -0.15) is 0 Å². The third-order valence-electron chi connectivity index (χ3n) is 2.39. The number of aliphatic hydroxyl groups is 1. The van der Waals surface area contributed by atoms with Crippen molar-refractivity contribution in [1.29, 1.82) is 0 Å². The molecule has 3 nitrogen and oxygen atoms in total. The fourth-order valence-corrected chi connectivity index (χ4v) is 1.54. The van der Waals surface area contributed by atoms with Crippen LogP contribution in [0.1, 0.15) is 6.92 Å². The Bertz CT molecular complexity index is 548. The van der Waals surface area contributed by atoms with Gasteiger partial charge in [0.15, 0.2) is 0 Å². The van der Waals surface area contributed by atoms with E-state index in [0.29, 0.717) is 11.5 Å². The maximum absolute atomic E-state index is 13.0. The summed E-state index contributed by atoms with van der Waals surface area (Å²) in [6.07, 6.45) is -0.554. The first kappa shape index (κ1) is 14.3. The lowest BCUT2D eigenvalue weighted by Crippen LogP contribution is -2.12. The van der Waals surface area contributed by atoms with Crippen molar-refractivity contribution < 1.29 is 23.4 Å². The maximum atomic E-state index is 13.0. The lowest BCUT2D eigenvalue weighted by atomic mass is 10.3. The SMILES string of the molecule is CC(O)COc1ccc(Oc2cc(F)cc(F)c2)cc1. The number of halogens is 2. The van der Waals surface area contributed by atoms with Crippen LogP contribution in [-0.2, 0) is 0 Å². The minimum absolute atomic E-state index is 0.0835. The maximum Gasteiger partial charge on any atom is 0.133 e. The highest BCUT2D eigenvalue weighted by Crippen LogP contribution is 2.25. The molecule has 0 saturated heterocycles. The van der Waals surface area contributed by atoms with E-state index < -0.39 is 17.7 Å². The molecule has 20 heavy (non-hydrogen) atoms. The van der Waals surface area contributed by atoms with Crippen molar-refractivity contribution in [2.75, 3.05) is 6.61 Å². The Hall–Kier alpha value is -2.14. The van der Waals surface area contributed by atoms with E-state index in [9.17, 15) is 8.78 Å². The van der Waals surface area contributed by atoms with Crippen molar-refractivity contribution in [2.45, 2.75) is 13.0 Å². The molecular weight excluding hydrogens is 266 g/mol. The molecule has 0 amide bonds. The van der Waals surface area contributed by atoms with Crippen LogP contribution >= 0.6 is 0 Å². The van der Waals surface area contributed by atoms with Gasteiger partial charge in [-0.25, -0.2) is 8.78 Å². The van der Waals surface area contributed by atoms with Crippen molar-refractivity contribution in [2.24, 2.45) is 0 Å². The van der Waals surface area contributed by atoms with Crippen LogP contribution in [0, 0.1) is 11.6 Å². The van der Waals surface area contributed by atoms with E-state index in [4.69, 9.17) is 14.6 Å². The second kappa shape index (κ2) is 6.34. The first-order valence-electron chi connectivity index (χ1n) is 6.08. The molecule has 5 heteroatoms. The largest absolute Gasteiger partial charge is 0.491 e. The normalized spacial score (nSPS) is 12.0. The summed E-state index contributed by atoms with van der Waals surface area (Å²) in [6, 6.07) is 9.49. The zero-order chi connectivity index (χ0) is 14.5. The van der Waals surface area contributed by atoms with Crippen LogP contribution in [0.25, 0.3) is 0 Å². The Morgan fingerprint density at radius 3 is 2.05 bits per heavy atom. The Morgan fingerprint density at radius 1 is 0.950 bits per heavy atom. The topological polar surface area (TPSA) is 38.7 Å². The van der Waals surface area contributed by atoms with Gasteiger partial charge < -0.3 is 14.6 Å². The lowest BCUT2D eigenvalue weighted by molar-refractivity contribution is 0.122. The molecule has 0 saturated carbocycles. The fraction of sp³-hybridized carbons (Fsp3) is 0.200.